The van der Waals surface area contributed by atoms with E-state index in [1.54, 1.807) is 11.0 Å². The van der Waals surface area contributed by atoms with Gasteiger partial charge in [0.25, 0.3) is 5.91 Å². The van der Waals surface area contributed by atoms with Crippen molar-refractivity contribution in [2.75, 3.05) is 25.9 Å². The van der Waals surface area contributed by atoms with Gasteiger partial charge in [-0.2, -0.15) is 0 Å². The van der Waals surface area contributed by atoms with Crippen molar-refractivity contribution in [1.29, 1.82) is 0 Å². The molecule has 0 unspecified atom stereocenters. The highest BCUT2D eigenvalue weighted by atomic mass is 32.1. The Balaban J connectivity index is 1.96. The quantitative estimate of drug-likeness (QED) is 0.822. The molecule has 1 fully saturated rings. The lowest BCUT2D eigenvalue weighted by atomic mass is 9.97. The van der Waals surface area contributed by atoms with Crippen molar-refractivity contribution in [2.24, 2.45) is 5.92 Å². The summed E-state index contributed by atoms with van der Waals surface area (Å²) in [6, 6.07) is 1.74. The molecule has 0 atom stereocenters. The van der Waals surface area contributed by atoms with Crippen LogP contribution in [0.4, 0.5) is 5.69 Å². The molecule has 0 spiro atoms. The van der Waals surface area contributed by atoms with E-state index in [2.05, 4.69) is 0 Å². The maximum atomic E-state index is 12.2. The minimum atomic E-state index is -0.183. The molecule has 0 saturated carbocycles. The first-order chi connectivity index (χ1) is 8.63. The number of carbonyl (C=O) groups excluding carboxylic acids is 2. The minimum absolute atomic E-state index is 0.0363. The summed E-state index contributed by atoms with van der Waals surface area (Å²) in [5, 5.41) is 1.81. The van der Waals surface area contributed by atoms with Gasteiger partial charge in [0.2, 0.25) is 0 Å². The lowest BCUT2D eigenvalue weighted by molar-refractivity contribution is -0.146. The molecule has 1 amide bonds. The second kappa shape index (κ2) is 5.39. The normalized spacial score (nSPS) is 16.6. The van der Waals surface area contributed by atoms with E-state index in [0.717, 1.165) is 0 Å². The summed E-state index contributed by atoms with van der Waals surface area (Å²) in [5.41, 5.74) is 6.26. The number of nitrogens with zero attached hydrogens (tertiary/aromatic N) is 1. The number of methoxy groups -OCH3 is 1. The van der Waals surface area contributed by atoms with Crippen LogP contribution in [0, 0.1) is 5.92 Å². The van der Waals surface area contributed by atoms with E-state index >= 15 is 0 Å². The average molecular weight is 268 g/mol. The zero-order valence-corrected chi connectivity index (χ0v) is 11.0. The summed E-state index contributed by atoms with van der Waals surface area (Å²) in [4.78, 5) is 25.9. The van der Waals surface area contributed by atoms with Crippen LogP contribution in [0.1, 0.15) is 22.5 Å². The molecule has 98 valence electrons. The van der Waals surface area contributed by atoms with Crippen LogP contribution in [0.25, 0.3) is 0 Å². The minimum Gasteiger partial charge on any atom is -0.469 e. The number of likely N-dealkylation sites (tertiary alicyclic amines) is 1. The van der Waals surface area contributed by atoms with Crippen molar-refractivity contribution < 1.29 is 14.3 Å². The van der Waals surface area contributed by atoms with Crippen LogP contribution in [-0.4, -0.2) is 37.0 Å². The molecule has 6 heteroatoms. The Morgan fingerprint density at radius 2 is 2.11 bits per heavy atom. The number of amides is 1. The topological polar surface area (TPSA) is 72.6 Å². The zero-order chi connectivity index (χ0) is 13.1. The monoisotopic (exact) mass is 268 g/mol. The van der Waals surface area contributed by atoms with Gasteiger partial charge in [-0.1, -0.05) is 0 Å². The number of nitrogen functional groups attached to an aromatic ring is 1. The summed E-state index contributed by atoms with van der Waals surface area (Å²) in [5.74, 6) is -0.303. The van der Waals surface area contributed by atoms with Gasteiger partial charge in [0.15, 0.2) is 0 Å². The van der Waals surface area contributed by atoms with Crippen LogP contribution in [0.5, 0.6) is 0 Å². The number of nitrogens with two attached hydrogens (primary N) is 1. The molecule has 0 radical (unpaired) electrons. The average Bonchev–Trinajstić information content (AvgIpc) is 2.83. The predicted molar refractivity (Wildman–Crippen MR) is 69.4 cm³/mol. The lowest BCUT2D eigenvalue weighted by Crippen LogP contribution is -2.40. The first-order valence-corrected chi connectivity index (χ1v) is 6.71. The maximum Gasteiger partial charge on any atom is 0.308 e. The molecular weight excluding hydrogens is 252 g/mol. The van der Waals surface area contributed by atoms with Gasteiger partial charge in [0, 0.05) is 13.1 Å². The number of hydrogen-bond acceptors (Lipinski definition) is 5. The molecule has 0 aliphatic carbocycles. The third-order valence-corrected chi connectivity index (χ3v) is 4.12. The van der Waals surface area contributed by atoms with Crippen LogP contribution in [0.3, 0.4) is 0 Å². The number of esters is 1. The SMILES string of the molecule is COC(=O)C1CCN(C(=O)c2sccc2N)CC1. The van der Waals surface area contributed by atoms with Crippen LogP contribution < -0.4 is 5.73 Å². The van der Waals surface area contributed by atoms with Crippen molar-refractivity contribution in [3.63, 3.8) is 0 Å². The second-order valence-corrected chi connectivity index (χ2v) is 5.21. The van der Waals surface area contributed by atoms with Gasteiger partial charge in [0.1, 0.15) is 4.88 Å². The van der Waals surface area contributed by atoms with E-state index in [1.165, 1.54) is 18.4 Å². The van der Waals surface area contributed by atoms with E-state index in [1.807, 2.05) is 5.38 Å². The van der Waals surface area contributed by atoms with Gasteiger partial charge >= 0.3 is 5.97 Å². The molecule has 0 aromatic carbocycles. The lowest BCUT2D eigenvalue weighted by Gasteiger charge is -2.30. The first-order valence-electron chi connectivity index (χ1n) is 5.83. The van der Waals surface area contributed by atoms with Crippen LogP contribution in [0.2, 0.25) is 0 Å². The number of carbonyl (C=O) groups is 2. The third kappa shape index (κ3) is 2.48. The van der Waals surface area contributed by atoms with Gasteiger partial charge in [-0.3, -0.25) is 9.59 Å². The van der Waals surface area contributed by atoms with Crippen molar-refractivity contribution in [3.05, 3.63) is 16.3 Å². The predicted octanol–water partition coefficient (Wildman–Crippen LogP) is 1.36. The number of ether oxygens (including phenoxy) is 1. The summed E-state index contributed by atoms with van der Waals surface area (Å²) in [7, 11) is 1.40. The summed E-state index contributed by atoms with van der Waals surface area (Å²) >= 11 is 1.36. The fourth-order valence-corrected chi connectivity index (χ4v) is 2.91. The smallest absolute Gasteiger partial charge is 0.308 e. The maximum absolute atomic E-state index is 12.2. The Kier molecular flexibility index (Phi) is 3.86. The van der Waals surface area contributed by atoms with Crippen molar-refractivity contribution in [1.82, 2.24) is 4.90 Å². The molecule has 0 bridgehead atoms. The molecule has 18 heavy (non-hydrogen) atoms. The van der Waals surface area contributed by atoms with Gasteiger partial charge in [-0.15, -0.1) is 11.3 Å². The molecule has 2 N–H and O–H groups in total. The molecular formula is C12H16N2O3S. The van der Waals surface area contributed by atoms with E-state index in [0.29, 0.717) is 36.5 Å². The highest BCUT2D eigenvalue weighted by Gasteiger charge is 2.29. The van der Waals surface area contributed by atoms with E-state index in [4.69, 9.17) is 10.5 Å². The van der Waals surface area contributed by atoms with E-state index < -0.39 is 0 Å². The van der Waals surface area contributed by atoms with Gasteiger partial charge in [0.05, 0.1) is 18.7 Å². The number of rotatable bonds is 2. The summed E-state index contributed by atoms with van der Waals surface area (Å²) in [6.07, 6.45) is 1.31. The van der Waals surface area contributed by atoms with Gasteiger partial charge in [-0.25, -0.2) is 0 Å². The van der Waals surface area contributed by atoms with Crippen LogP contribution in [0.15, 0.2) is 11.4 Å². The molecule has 1 aromatic heterocycles. The van der Waals surface area contributed by atoms with Crippen LogP contribution >= 0.6 is 11.3 Å². The Bertz CT molecular complexity index is 450. The van der Waals surface area contributed by atoms with E-state index in [9.17, 15) is 9.59 Å². The molecule has 1 aromatic rings. The number of hydrogen-bond donors (Lipinski definition) is 1. The van der Waals surface area contributed by atoms with Gasteiger partial charge in [-0.05, 0) is 24.3 Å². The van der Waals surface area contributed by atoms with Crippen LogP contribution in [-0.2, 0) is 9.53 Å². The fourth-order valence-electron chi connectivity index (χ4n) is 2.12. The highest BCUT2D eigenvalue weighted by Crippen LogP contribution is 2.24. The molecule has 2 heterocycles. The summed E-state index contributed by atoms with van der Waals surface area (Å²) < 4.78 is 4.72. The third-order valence-electron chi connectivity index (χ3n) is 3.21. The molecule has 1 aliphatic rings. The Morgan fingerprint density at radius 1 is 1.44 bits per heavy atom. The van der Waals surface area contributed by atoms with Crippen molar-refractivity contribution in [2.45, 2.75) is 12.8 Å². The Labute approximate surface area is 110 Å². The zero-order valence-electron chi connectivity index (χ0n) is 10.2. The highest BCUT2D eigenvalue weighted by molar-refractivity contribution is 7.12. The number of thiophene rings is 1. The number of piperidine rings is 1. The van der Waals surface area contributed by atoms with Crippen molar-refractivity contribution >= 4 is 28.9 Å². The first kappa shape index (κ1) is 12.9. The Morgan fingerprint density at radius 3 is 2.61 bits per heavy atom. The summed E-state index contributed by atoms with van der Waals surface area (Å²) in [6.45, 7) is 1.16. The van der Waals surface area contributed by atoms with Gasteiger partial charge < -0.3 is 15.4 Å². The number of anilines is 1. The van der Waals surface area contributed by atoms with E-state index in [-0.39, 0.29) is 17.8 Å². The molecule has 5 nitrogen and oxygen atoms in total. The standard InChI is InChI=1S/C12H16N2O3S/c1-17-12(16)8-2-5-14(6-3-8)11(15)10-9(13)4-7-18-10/h4,7-8H,2-3,5-6,13H2,1H3. The second-order valence-electron chi connectivity index (χ2n) is 4.29. The fraction of sp³-hybridized carbons (Fsp3) is 0.500. The molecule has 2 rings (SSSR count). The molecule has 1 aliphatic heterocycles. The molecule has 1 saturated heterocycles. The largest absolute Gasteiger partial charge is 0.469 e. The Hall–Kier alpha value is -1.56. The van der Waals surface area contributed by atoms with Crippen molar-refractivity contribution in [3.8, 4) is 0 Å².